The van der Waals surface area contributed by atoms with Crippen LogP contribution in [-0.2, 0) is 11.8 Å². The van der Waals surface area contributed by atoms with Gasteiger partial charge in [-0.05, 0) is 55.1 Å². The van der Waals surface area contributed by atoms with Gasteiger partial charge in [0.05, 0.1) is 6.26 Å². The molecule has 0 fully saturated rings. The standard InChI is InChI=1S/C16H23NO/c1-11-8-13(16(2,3)4)9-14-12(6-7-17-5)10-18-15(11)14/h8-10,17H,6-7H2,1-5H3. The van der Waals surface area contributed by atoms with Gasteiger partial charge in [-0.1, -0.05) is 26.8 Å². The Kier molecular flexibility index (Phi) is 3.49. The summed E-state index contributed by atoms with van der Waals surface area (Å²) in [6, 6.07) is 4.53. The van der Waals surface area contributed by atoms with Crippen molar-refractivity contribution in [3.8, 4) is 0 Å². The van der Waals surface area contributed by atoms with Crippen LogP contribution in [0.2, 0.25) is 0 Å². The average Bonchev–Trinajstić information content (AvgIpc) is 2.69. The highest BCUT2D eigenvalue weighted by atomic mass is 16.3. The van der Waals surface area contributed by atoms with Gasteiger partial charge in [0.1, 0.15) is 5.58 Å². The number of fused-ring (bicyclic) bond motifs is 1. The first-order valence-electron chi connectivity index (χ1n) is 6.59. The van der Waals surface area contributed by atoms with Crippen LogP contribution in [0.4, 0.5) is 0 Å². The van der Waals surface area contributed by atoms with E-state index in [2.05, 4.69) is 45.1 Å². The molecule has 1 N–H and O–H groups in total. The Morgan fingerprint density at radius 1 is 1.22 bits per heavy atom. The fourth-order valence-electron chi connectivity index (χ4n) is 2.25. The summed E-state index contributed by atoms with van der Waals surface area (Å²) in [6.07, 6.45) is 2.91. The molecule has 1 heterocycles. The molecule has 2 rings (SSSR count). The molecule has 18 heavy (non-hydrogen) atoms. The first-order valence-corrected chi connectivity index (χ1v) is 6.59. The minimum atomic E-state index is 0.177. The van der Waals surface area contributed by atoms with Crippen LogP contribution < -0.4 is 5.32 Å². The highest BCUT2D eigenvalue weighted by molar-refractivity contribution is 5.85. The Morgan fingerprint density at radius 3 is 2.56 bits per heavy atom. The zero-order valence-electron chi connectivity index (χ0n) is 12.1. The molecule has 0 saturated carbocycles. The second kappa shape index (κ2) is 4.77. The lowest BCUT2D eigenvalue weighted by Crippen LogP contribution is -2.12. The maximum atomic E-state index is 5.72. The van der Waals surface area contributed by atoms with Crippen molar-refractivity contribution >= 4 is 11.0 Å². The Balaban J connectivity index is 2.54. The lowest BCUT2D eigenvalue weighted by molar-refractivity contribution is 0.587. The molecule has 2 heteroatoms. The SMILES string of the molecule is CNCCc1coc2c(C)cc(C(C)(C)C)cc12. The fraction of sp³-hybridized carbons (Fsp3) is 0.500. The van der Waals surface area contributed by atoms with Gasteiger partial charge in [0.15, 0.2) is 0 Å². The van der Waals surface area contributed by atoms with Gasteiger partial charge < -0.3 is 9.73 Å². The third-order valence-electron chi connectivity index (χ3n) is 3.45. The number of hydrogen-bond donors (Lipinski definition) is 1. The topological polar surface area (TPSA) is 25.2 Å². The maximum Gasteiger partial charge on any atom is 0.137 e. The molecule has 0 spiro atoms. The first kappa shape index (κ1) is 13.2. The van der Waals surface area contributed by atoms with E-state index in [-0.39, 0.29) is 5.41 Å². The van der Waals surface area contributed by atoms with Gasteiger partial charge in [-0.2, -0.15) is 0 Å². The van der Waals surface area contributed by atoms with Gasteiger partial charge in [-0.15, -0.1) is 0 Å². The van der Waals surface area contributed by atoms with Crippen molar-refractivity contribution in [3.63, 3.8) is 0 Å². The lowest BCUT2D eigenvalue weighted by atomic mass is 9.85. The molecule has 0 atom stereocenters. The van der Waals surface area contributed by atoms with Crippen LogP contribution in [0, 0.1) is 6.92 Å². The predicted molar refractivity (Wildman–Crippen MR) is 77.3 cm³/mol. The monoisotopic (exact) mass is 245 g/mol. The van der Waals surface area contributed by atoms with Gasteiger partial charge in [0.2, 0.25) is 0 Å². The molecular weight excluding hydrogens is 222 g/mol. The summed E-state index contributed by atoms with van der Waals surface area (Å²) < 4.78 is 5.72. The van der Waals surface area contributed by atoms with Gasteiger partial charge in [-0.25, -0.2) is 0 Å². The molecule has 1 aromatic carbocycles. The molecule has 0 bridgehead atoms. The highest BCUT2D eigenvalue weighted by Crippen LogP contribution is 2.31. The fourth-order valence-corrected chi connectivity index (χ4v) is 2.25. The summed E-state index contributed by atoms with van der Waals surface area (Å²) in [4.78, 5) is 0. The van der Waals surface area contributed by atoms with Crippen molar-refractivity contribution in [2.24, 2.45) is 0 Å². The quantitative estimate of drug-likeness (QED) is 0.889. The molecule has 0 radical (unpaired) electrons. The summed E-state index contributed by atoms with van der Waals surface area (Å²) in [6.45, 7) is 9.86. The zero-order valence-corrected chi connectivity index (χ0v) is 12.1. The summed E-state index contributed by atoms with van der Waals surface area (Å²) >= 11 is 0. The number of nitrogens with one attached hydrogen (secondary N) is 1. The van der Waals surface area contributed by atoms with Crippen LogP contribution in [0.15, 0.2) is 22.8 Å². The second-order valence-electron chi connectivity index (χ2n) is 6.03. The van der Waals surface area contributed by atoms with E-state index in [1.807, 2.05) is 13.3 Å². The van der Waals surface area contributed by atoms with E-state index in [9.17, 15) is 0 Å². The van der Waals surface area contributed by atoms with E-state index in [1.165, 1.54) is 22.1 Å². The predicted octanol–water partition coefficient (Wildman–Crippen LogP) is 3.80. The molecule has 1 aromatic heterocycles. The van der Waals surface area contributed by atoms with E-state index in [1.54, 1.807) is 0 Å². The average molecular weight is 245 g/mol. The van der Waals surface area contributed by atoms with E-state index >= 15 is 0 Å². The summed E-state index contributed by atoms with van der Waals surface area (Å²) in [7, 11) is 1.98. The minimum Gasteiger partial charge on any atom is -0.464 e. The van der Waals surface area contributed by atoms with E-state index in [0.717, 1.165) is 18.5 Å². The van der Waals surface area contributed by atoms with Crippen molar-refractivity contribution in [1.29, 1.82) is 0 Å². The molecular formula is C16H23NO. The van der Waals surface area contributed by atoms with E-state index < -0.39 is 0 Å². The van der Waals surface area contributed by atoms with Crippen molar-refractivity contribution in [2.45, 2.75) is 39.5 Å². The van der Waals surface area contributed by atoms with Gasteiger partial charge in [0, 0.05) is 5.39 Å². The smallest absolute Gasteiger partial charge is 0.137 e. The summed E-state index contributed by atoms with van der Waals surface area (Å²) in [5, 5.41) is 4.46. The normalized spacial score (nSPS) is 12.3. The molecule has 2 aromatic rings. The van der Waals surface area contributed by atoms with Crippen molar-refractivity contribution in [2.75, 3.05) is 13.6 Å². The number of benzene rings is 1. The Morgan fingerprint density at radius 2 is 1.94 bits per heavy atom. The lowest BCUT2D eigenvalue weighted by Gasteiger charge is -2.20. The van der Waals surface area contributed by atoms with Crippen LogP contribution in [0.1, 0.15) is 37.5 Å². The van der Waals surface area contributed by atoms with Crippen molar-refractivity contribution in [1.82, 2.24) is 5.32 Å². The van der Waals surface area contributed by atoms with Crippen molar-refractivity contribution < 1.29 is 4.42 Å². The van der Waals surface area contributed by atoms with E-state index in [4.69, 9.17) is 4.42 Å². The number of furan rings is 1. The van der Waals surface area contributed by atoms with Crippen LogP contribution in [0.5, 0.6) is 0 Å². The minimum absolute atomic E-state index is 0.177. The highest BCUT2D eigenvalue weighted by Gasteiger charge is 2.17. The number of aryl methyl sites for hydroxylation is 1. The van der Waals surface area contributed by atoms with E-state index in [0.29, 0.717) is 0 Å². The van der Waals surface area contributed by atoms with Crippen LogP contribution in [0.3, 0.4) is 0 Å². The second-order valence-corrected chi connectivity index (χ2v) is 6.03. The number of rotatable bonds is 3. The number of hydrogen-bond acceptors (Lipinski definition) is 2. The summed E-state index contributed by atoms with van der Waals surface area (Å²) in [5.74, 6) is 0. The molecule has 98 valence electrons. The first-order chi connectivity index (χ1) is 8.43. The van der Waals surface area contributed by atoms with Crippen LogP contribution in [-0.4, -0.2) is 13.6 Å². The third kappa shape index (κ3) is 2.44. The molecule has 0 aliphatic carbocycles. The van der Waals surface area contributed by atoms with Crippen LogP contribution in [0.25, 0.3) is 11.0 Å². The zero-order chi connectivity index (χ0) is 13.3. The Hall–Kier alpha value is -1.28. The van der Waals surface area contributed by atoms with Gasteiger partial charge in [-0.3, -0.25) is 0 Å². The molecule has 0 aliphatic rings. The molecule has 2 nitrogen and oxygen atoms in total. The van der Waals surface area contributed by atoms with Crippen LogP contribution >= 0.6 is 0 Å². The largest absolute Gasteiger partial charge is 0.464 e. The Labute approximate surface area is 109 Å². The Bertz CT molecular complexity index is 546. The molecule has 0 aliphatic heterocycles. The molecule has 0 saturated heterocycles. The third-order valence-corrected chi connectivity index (χ3v) is 3.45. The molecule has 0 unspecified atom stereocenters. The van der Waals surface area contributed by atoms with Crippen molar-refractivity contribution in [3.05, 3.63) is 35.1 Å². The maximum absolute atomic E-state index is 5.72. The molecule has 0 amide bonds. The van der Waals surface area contributed by atoms with Gasteiger partial charge in [0.25, 0.3) is 0 Å². The van der Waals surface area contributed by atoms with Gasteiger partial charge >= 0.3 is 0 Å². The number of likely N-dealkylation sites (N-methyl/N-ethyl adjacent to an activating group) is 1. The summed E-state index contributed by atoms with van der Waals surface area (Å²) in [5.41, 5.74) is 5.12.